The molecular weight excluding hydrogens is 194 g/mol. The molecule has 0 aliphatic rings. The van der Waals surface area contributed by atoms with Crippen LogP contribution in [-0.4, -0.2) is 10.1 Å². The average Bonchev–Trinajstić information content (AvgIpc) is 2.74. The van der Waals surface area contributed by atoms with Gasteiger partial charge in [0.2, 0.25) is 5.88 Å². The van der Waals surface area contributed by atoms with Crippen LogP contribution in [0.15, 0.2) is 21.2 Å². The fraction of sp³-hybridized carbons (Fsp3) is 0.400. The zero-order chi connectivity index (χ0) is 11.1. The van der Waals surface area contributed by atoms with E-state index in [0.29, 0.717) is 11.8 Å². The maximum atomic E-state index is 5.48. The Hall–Kier alpha value is -1.78. The van der Waals surface area contributed by atoms with Crippen molar-refractivity contribution >= 4 is 5.88 Å². The van der Waals surface area contributed by atoms with Crippen LogP contribution < -0.4 is 5.73 Å². The molecule has 0 unspecified atom stereocenters. The van der Waals surface area contributed by atoms with Gasteiger partial charge in [-0.25, -0.2) is 4.98 Å². The lowest BCUT2D eigenvalue weighted by atomic mass is 9.87. The van der Waals surface area contributed by atoms with Gasteiger partial charge in [0.05, 0.1) is 17.3 Å². The van der Waals surface area contributed by atoms with Gasteiger partial charge in [0.15, 0.2) is 5.89 Å². The normalized spacial score (nSPS) is 11.9. The first-order valence-corrected chi connectivity index (χ1v) is 4.66. The van der Waals surface area contributed by atoms with Crippen molar-refractivity contribution in [1.29, 1.82) is 0 Å². The smallest absolute Gasteiger partial charge is 0.222 e. The first-order valence-electron chi connectivity index (χ1n) is 4.66. The fourth-order valence-corrected chi connectivity index (χ4v) is 1.36. The lowest BCUT2D eigenvalue weighted by Gasteiger charge is -2.17. The molecule has 0 aliphatic heterocycles. The van der Waals surface area contributed by atoms with E-state index in [4.69, 9.17) is 14.7 Å². The summed E-state index contributed by atoms with van der Waals surface area (Å²) in [5.74, 6) is 1.68. The van der Waals surface area contributed by atoms with Gasteiger partial charge in [0.1, 0.15) is 5.76 Å². The molecule has 0 aromatic carbocycles. The lowest BCUT2D eigenvalue weighted by molar-refractivity contribution is 0.373. The Labute approximate surface area is 87.3 Å². The minimum absolute atomic E-state index is 0.300. The van der Waals surface area contributed by atoms with Crippen molar-refractivity contribution in [1.82, 2.24) is 10.1 Å². The molecule has 2 rings (SSSR count). The number of hydrogen-bond donors (Lipinski definition) is 1. The molecule has 5 nitrogen and oxygen atoms in total. The fourth-order valence-electron chi connectivity index (χ4n) is 1.36. The maximum Gasteiger partial charge on any atom is 0.222 e. The Morgan fingerprint density at radius 3 is 2.60 bits per heavy atom. The number of nitrogen functional groups attached to an aromatic ring is 1. The molecule has 5 heteroatoms. The molecule has 2 N–H and O–H groups in total. The van der Waals surface area contributed by atoms with E-state index in [9.17, 15) is 0 Å². The molecule has 0 saturated carbocycles. The zero-order valence-electron chi connectivity index (χ0n) is 8.94. The summed E-state index contributed by atoms with van der Waals surface area (Å²) < 4.78 is 10.3. The van der Waals surface area contributed by atoms with Gasteiger partial charge in [-0.05, 0) is 13.8 Å². The van der Waals surface area contributed by atoms with Gasteiger partial charge in [0, 0.05) is 13.0 Å². The Balaban J connectivity index is 2.42. The second-order valence-corrected chi connectivity index (χ2v) is 3.98. The zero-order valence-corrected chi connectivity index (χ0v) is 8.94. The van der Waals surface area contributed by atoms with Gasteiger partial charge in [-0.1, -0.05) is 5.16 Å². The number of anilines is 1. The van der Waals surface area contributed by atoms with Crippen LogP contribution in [0.2, 0.25) is 0 Å². The van der Waals surface area contributed by atoms with Crippen LogP contribution in [0, 0.1) is 6.92 Å². The van der Waals surface area contributed by atoms with Crippen LogP contribution in [0.1, 0.15) is 31.2 Å². The van der Waals surface area contributed by atoms with Crippen molar-refractivity contribution < 1.29 is 8.94 Å². The van der Waals surface area contributed by atoms with Crippen molar-refractivity contribution in [3.05, 3.63) is 29.6 Å². The predicted octanol–water partition coefficient (Wildman–Crippen LogP) is 1.88. The van der Waals surface area contributed by atoms with E-state index in [1.807, 2.05) is 13.8 Å². The Bertz CT molecular complexity index is 428. The number of hydrogen-bond acceptors (Lipinski definition) is 5. The summed E-state index contributed by atoms with van der Waals surface area (Å²) in [6.45, 7) is 5.76. The van der Waals surface area contributed by atoms with E-state index >= 15 is 0 Å². The summed E-state index contributed by atoms with van der Waals surface area (Å²) in [6.07, 6.45) is 1.69. The van der Waals surface area contributed by atoms with E-state index in [2.05, 4.69) is 10.1 Å². The highest BCUT2D eigenvalue weighted by atomic mass is 16.5. The van der Waals surface area contributed by atoms with Gasteiger partial charge in [-0.15, -0.1) is 0 Å². The molecule has 0 aliphatic carbocycles. The van der Waals surface area contributed by atoms with Gasteiger partial charge >= 0.3 is 0 Å². The topological polar surface area (TPSA) is 78.1 Å². The third-order valence-corrected chi connectivity index (χ3v) is 2.41. The highest BCUT2D eigenvalue weighted by Crippen LogP contribution is 2.31. The summed E-state index contributed by atoms with van der Waals surface area (Å²) >= 11 is 0. The molecule has 2 aromatic heterocycles. The van der Waals surface area contributed by atoms with E-state index in [1.165, 1.54) is 0 Å². The second-order valence-electron chi connectivity index (χ2n) is 3.98. The van der Waals surface area contributed by atoms with E-state index < -0.39 is 0 Å². The Morgan fingerprint density at radius 2 is 2.13 bits per heavy atom. The first-order chi connectivity index (χ1) is 7.00. The first kappa shape index (κ1) is 9.76. The number of oxazole rings is 1. The molecule has 0 amide bonds. The van der Waals surface area contributed by atoms with Crippen LogP contribution in [0.3, 0.4) is 0 Å². The second kappa shape index (κ2) is 3.12. The molecular formula is C10H13N3O2. The molecule has 0 saturated heterocycles. The number of aromatic nitrogens is 2. The van der Waals surface area contributed by atoms with E-state index in [1.54, 1.807) is 19.2 Å². The number of nitrogens with zero attached hydrogens (tertiary/aromatic N) is 2. The van der Waals surface area contributed by atoms with Crippen LogP contribution in [-0.2, 0) is 5.41 Å². The van der Waals surface area contributed by atoms with Gasteiger partial charge in [-0.3, -0.25) is 0 Å². The standard InChI is InChI=1S/C10H13N3O2/c1-6-12-5-8(14-6)10(2,3)7-4-9(11)15-13-7/h4-5H,11H2,1-3H3. The molecule has 0 spiro atoms. The molecule has 0 radical (unpaired) electrons. The van der Waals surface area contributed by atoms with Crippen molar-refractivity contribution in [2.45, 2.75) is 26.2 Å². The minimum Gasteiger partial charge on any atom is -0.445 e. The monoisotopic (exact) mass is 207 g/mol. The van der Waals surface area contributed by atoms with E-state index in [0.717, 1.165) is 11.5 Å². The highest BCUT2D eigenvalue weighted by molar-refractivity contribution is 5.33. The largest absolute Gasteiger partial charge is 0.445 e. The highest BCUT2D eigenvalue weighted by Gasteiger charge is 2.30. The van der Waals surface area contributed by atoms with Crippen LogP contribution in [0.5, 0.6) is 0 Å². The predicted molar refractivity (Wildman–Crippen MR) is 54.3 cm³/mol. The molecule has 0 bridgehead atoms. The number of aryl methyl sites for hydroxylation is 1. The summed E-state index contributed by atoms with van der Waals surface area (Å²) in [4.78, 5) is 4.06. The maximum absolute atomic E-state index is 5.48. The van der Waals surface area contributed by atoms with Gasteiger partial charge < -0.3 is 14.7 Å². The van der Waals surface area contributed by atoms with Crippen molar-refractivity contribution in [3.8, 4) is 0 Å². The Kier molecular flexibility index (Phi) is 2.03. The van der Waals surface area contributed by atoms with E-state index in [-0.39, 0.29) is 5.41 Å². The van der Waals surface area contributed by atoms with Crippen molar-refractivity contribution in [2.75, 3.05) is 5.73 Å². The number of nitrogens with two attached hydrogens (primary N) is 1. The lowest BCUT2D eigenvalue weighted by Crippen LogP contribution is -2.18. The third-order valence-electron chi connectivity index (χ3n) is 2.41. The Morgan fingerprint density at radius 1 is 1.40 bits per heavy atom. The molecule has 2 heterocycles. The molecule has 15 heavy (non-hydrogen) atoms. The van der Waals surface area contributed by atoms with Crippen molar-refractivity contribution in [2.24, 2.45) is 0 Å². The SMILES string of the molecule is Cc1ncc(C(C)(C)c2cc(N)on2)o1. The van der Waals surface area contributed by atoms with Crippen LogP contribution in [0.4, 0.5) is 5.88 Å². The summed E-state index contributed by atoms with van der Waals surface area (Å²) in [7, 11) is 0. The van der Waals surface area contributed by atoms with Crippen LogP contribution >= 0.6 is 0 Å². The molecule has 0 atom stereocenters. The minimum atomic E-state index is -0.387. The quantitative estimate of drug-likeness (QED) is 0.813. The molecule has 2 aromatic rings. The summed E-state index contributed by atoms with van der Waals surface area (Å²) in [5.41, 5.74) is 5.83. The summed E-state index contributed by atoms with van der Waals surface area (Å²) in [5, 5.41) is 3.89. The average molecular weight is 207 g/mol. The third kappa shape index (κ3) is 1.60. The molecule has 0 fully saturated rings. The number of rotatable bonds is 2. The summed E-state index contributed by atoms with van der Waals surface area (Å²) in [6, 6.07) is 1.69. The van der Waals surface area contributed by atoms with Crippen molar-refractivity contribution in [3.63, 3.8) is 0 Å². The van der Waals surface area contributed by atoms with Gasteiger partial charge in [0.25, 0.3) is 0 Å². The van der Waals surface area contributed by atoms with Gasteiger partial charge in [-0.2, -0.15) is 0 Å². The van der Waals surface area contributed by atoms with Crippen LogP contribution in [0.25, 0.3) is 0 Å². The molecule has 80 valence electrons.